The van der Waals surface area contributed by atoms with Gasteiger partial charge in [0.15, 0.2) is 11.5 Å². The maximum absolute atomic E-state index is 9.58. The van der Waals surface area contributed by atoms with E-state index in [9.17, 15) is 5.11 Å². The Labute approximate surface area is 158 Å². The van der Waals surface area contributed by atoms with Crippen molar-refractivity contribution in [2.45, 2.75) is 46.1 Å². The number of fused-ring (bicyclic) bond motifs is 1. The first-order chi connectivity index (χ1) is 12.7. The van der Waals surface area contributed by atoms with E-state index in [2.05, 4.69) is 56.7 Å². The first kappa shape index (κ1) is 19.1. The molecule has 9 nitrogen and oxygen atoms in total. The summed E-state index contributed by atoms with van der Waals surface area (Å²) in [6.45, 7) is 10.5. The number of nitrogens with one attached hydrogen (secondary N) is 3. The molecular weight excluding hydrogens is 344 g/mol. The van der Waals surface area contributed by atoms with E-state index >= 15 is 0 Å². The largest absolute Gasteiger partial charge is 0.394 e. The summed E-state index contributed by atoms with van der Waals surface area (Å²) in [5, 5.41) is 28.3. The number of hydrogen-bond acceptors (Lipinski definition) is 7. The van der Waals surface area contributed by atoms with Gasteiger partial charge in [-0.15, -0.1) is 0 Å². The lowest BCUT2D eigenvalue weighted by molar-refractivity contribution is 0.248. The molecule has 3 rings (SSSR count). The number of rotatable bonds is 6. The fourth-order valence-corrected chi connectivity index (χ4v) is 2.94. The molecule has 3 heterocycles. The Morgan fingerprint density at radius 3 is 2.59 bits per heavy atom. The third-order valence-electron chi connectivity index (χ3n) is 4.52. The molecule has 27 heavy (non-hydrogen) atoms. The number of aryl methyl sites for hydroxylation is 1. The van der Waals surface area contributed by atoms with Gasteiger partial charge >= 0.3 is 0 Å². The summed E-state index contributed by atoms with van der Waals surface area (Å²) >= 11 is 0. The normalized spacial score (nSPS) is 13.3. The number of aromatic amines is 1. The Balaban J connectivity index is 1.95. The fourth-order valence-electron chi connectivity index (χ4n) is 2.94. The summed E-state index contributed by atoms with van der Waals surface area (Å²) in [6, 6.07) is 1.88. The summed E-state index contributed by atoms with van der Waals surface area (Å²) in [4.78, 5) is 9.04. The molecule has 3 aromatic rings. The number of aliphatic hydroxyl groups excluding tert-OH is 1. The van der Waals surface area contributed by atoms with E-state index in [0.717, 1.165) is 11.1 Å². The minimum Gasteiger partial charge on any atom is -0.394 e. The number of anilines is 3. The minimum atomic E-state index is -0.138. The zero-order valence-electron chi connectivity index (χ0n) is 16.7. The van der Waals surface area contributed by atoms with Crippen molar-refractivity contribution in [3.8, 4) is 0 Å². The van der Waals surface area contributed by atoms with Crippen molar-refractivity contribution >= 4 is 28.6 Å². The average molecular weight is 372 g/mol. The molecule has 1 atom stereocenters. The molecule has 0 bridgehead atoms. The molecule has 4 N–H and O–H groups in total. The van der Waals surface area contributed by atoms with Crippen LogP contribution in [0.4, 0.5) is 17.6 Å². The van der Waals surface area contributed by atoms with Crippen LogP contribution in [-0.4, -0.2) is 47.7 Å². The second kappa shape index (κ2) is 7.15. The number of H-pyrrole nitrogens is 1. The molecule has 9 heteroatoms. The summed E-state index contributed by atoms with van der Waals surface area (Å²) in [5.74, 6) is 1.97. The van der Waals surface area contributed by atoms with E-state index < -0.39 is 0 Å². The highest BCUT2D eigenvalue weighted by molar-refractivity contribution is 5.88. The van der Waals surface area contributed by atoms with Crippen LogP contribution in [0.25, 0.3) is 11.0 Å². The van der Waals surface area contributed by atoms with Crippen LogP contribution in [0.1, 0.15) is 40.3 Å². The van der Waals surface area contributed by atoms with Gasteiger partial charge in [0.1, 0.15) is 5.82 Å². The minimum absolute atomic E-state index is 0.0000145. The lowest BCUT2D eigenvalue weighted by Crippen LogP contribution is -2.30. The molecule has 0 unspecified atom stereocenters. The Kier molecular flexibility index (Phi) is 5.05. The molecule has 0 saturated heterocycles. The van der Waals surface area contributed by atoms with Gasteiger partial charge in [-0.25, -0.2) is 0 Å². The molecule has 0 aromatic carbocycles. The first-order valence-corrected chi connectivity index (χ1v) is 9.09. The smallest absolute Gasteiger partial charge is 0.227 e. The molecule has 0 saturated carbocycles. The van der Waals surface area contributed by atoms with E-state index in [1.165, 1.54) is 0 Å². The molecule has 0 radical (unpaired) electrons. The Morgan fingerprint density at radius 1 is 1.26 bits per heavy atom. The molecule has 0 aliphatic carbocycles. The van der Waals surface area contributed by atoms with Crippen molar-refractivity contribution < 1.29 is 5.11 Å². The molecule has 0 amide bonds. The van der Waals surface area contributed by atoms with Gasteiger partial charge in [0.2, 0.25) is 5.95 Å². The maximum atomic E-state index is 9.58. The van der Waals surface area contributed by atoms with Crippen molar-refractivity contribution in [3.63, 3.8) is 0 Å². The topological polar surface area (TPSA) is 117 Å². The Morgan fingerprint density at radius 2 is 2.00 bits per heavy atom. The highest BCUT2D eigenvalue weighted by atomic mass is 16.3. The molecule has 146 valence electrons. The van der Waals surface area contributed by atoms with Crippen LogP contribution < -0.4 is 10.6 Å². The van der Waals surface area contributed by atoms with Crippen molar-refractivity contribution in [1.29, 1.82) is 0 Å². The van der Waals surface area contributed by atoms with E-state index in [1.54, 1.807) is 6.20 Å². The third-order valence-corrected chi connectivity index (χ3v) is 4.52. The highest BCUT2D eigenvalue weighted by Gasteiger charge is 2.21. The van der Waals surface area contributed by atoms with Crippen molar-refractivity contribution in [3.05, 3.63) is 18.0 Å². The zero-order valence-corrected chi connectivity index (χ0v) is 16.7. The van der Waals surface area contributed by atoms with Crippen LogP contribution in [0.3, 0.4) is 0 Å². The van der Waals surface area contributed by atoms with Crippen molar-refractivity contribution in [2.24, 2.45) is 13.0 Å². The van der Waals surface area contributed by atoms with Crippen LogP contribution in [0, 0.1) is 5.92 Å². The van der Waals surface area contributed by atoms with E-state index in [-0.39, 0.29) is 24.0 Å². The SMILES string of the molecule is CC(C)[C@H](CO)Nc1nc(Nc2cc(C(C)(C)C)n(C)n2)c2cn[nH]c2n1. The van der Waals surface area contributed by atoms with Gasteiger partial charge in [-0.2, -0.15) is 20.2 Å². The maximum Gasteiger partial charge on any atom is 0.227 e. The van der Waals surface area contributed by atoms with E-state index in [0.29, 0.717) is 23.2 Å². The van der Waals surface area contributed by atoms with Gasteiger partial charge in [-0.3, -0.25) is 9.78 Å². The van der Waals surface area contributed by atoms with Gasteiger partial charge < -0.3 is 15.7 Å². The Hall–Kier alpha value is -2.68. The number of nitrogens with zero attached hydrogens (tertiary/aromatic N) is 5. The fraction of sp³-hybridized carbons (Fsp3) is 0.556. The monoisotopic (exact) mass is 372 g/mol. The zero-order chi connectivity index (χ0) is 19.8. The van der Waals surface area contributed by atoms with Crippen LogP contribution in [0.15, 0.2) is 12.3 Å². The predicted octanol–water partition coefficient (Wildman–Crippen LogP) is 2.56. The quantitative estimate of drug-likeness (QED) is 0.525. The van der Waals surface area contributed by atoms with Gasteiger partial charge in [-0.05, 0) is 5.92 Å². The van der Waals surface area contributed by atoms with E-state index in [1.807, 2.05) is 31.6 Å². The van der Waals surface area contributed by atoms with Gasteiger partial charge in [-0.1, -0.05) is 34.6 Å². The lowest BCUT2D eigenvalue weighted by Gasteiger charge is -2.20. The third kappa shape index (κ3) is 4.02. The van der Waals surface area contributed by atoms with Gasteiger partial charge in [0.05, 0.1) is 24.2 Å². The summed E-state index contributed by atoms with van der Waals surface area (Å²) in [6.07, 6.45) is 1.68. The number of hydrogen-bond donors (Lipinski definition) is 4. The second-order valence-corrected chi connectivity index (χ2v) is 8.12. The molecular formula is C18H28N8O. The van der Waals surface area contributed by atoms with Crippen LogP contribution in [0.5, 0.6) is 0 Å². The van der Waals surface area contributed by atoms with Crippen LogP contribution in [-0.2, 0) is 12.5 Å². The molecule has 3 aromatic heterocycles. The second-order valence-electron chi connectivity index (χ2n) is 8.12. The van der Waals surface area contributed by atoms with Gasteiger partial charge in [0.25, 0.3) is 0 Å². The Bertz CT molecular complexity index is 921. The summed E-state index contributed by atoms with van der Waals surface area (Å²) in [5.41, 5.74) is 1.71. The van der Waals surface area contributed by atoms with Crippen molar-refractivity contribution in [2.75, 3.05) is 17.2 Å². The van der Waals surface area contributed by atoms with Crippen molar-refractivity contribution in [1.82, 2.24) is 29.9 Å². The first-order valence-electron chi connectivity index (χ1n) is 9.09. The van der Waals surface area contributed by atoms with Crippen LogP contribution >= 0.6 is 0 Å². The molecule has 0 aliphatic rings. The average Bonchev–Trinajstić information content (AvgIpc) is 3.18. The summed E-state index contributed by atoms with van der Waals surface area (Å²) in [7, 11) is 1.93. The highest BCUT2D eigenvalue weighted by Crippen LogP contribution is 2.28. The summed E-state index contributed by atoms with van der Waals surface area (Å²) < 4.78 is 1.87. The number of aliphatic hydroxyl groups is 1. The standard InChI is InChI=1S/C18H28N8O/c1-10(2)12(9-27)20-17-22-15(11-8-19-24-16(11)23-17)21-14-7-13(18(3,4)5)26(6)25-14/h7-8,10,12,27H,9H2,1-6H3,(H3,19,20,21,22,23,24,25)/t12-/m0/s1. The molecule has 0 aliphatic heterocycles. The van der Waals surface area contributed by atoms with Crippen LogP contribution in [0.2, 0.25) is 0 Å². The van der Waals surface area contributed by atoms with E-state index in [4.69, 9.17) is 0 Å². The molecule has 0 spiro atoms. The number of aromatic nitrogens is 6. The predicted molar refractivity (Wildman–Crippen MR) is 106 cm³/mol. The van der Waals surface area contributed by atoms with Gasteiger partial charge in [0, 0.05) is 24.2 Å². The lowest BCUT2D eigenvalue weighted by atomic mass is 9.92. The molecule has 0 fully saturated rings.